The molecule has 0 bridgehead atoms. The molecular weight excluding hydrogens is 210 g/mol. The third-order valence-corrected chi connectivity index (χ3v) is 2.56. The Bertz CT molecular complexity index is 263. The van der Waals surface area contributed by atoms with Crippen molar-refractivity contribution in [1.29, 1.82) is 0 Å². The molecule has 5 nitrogen and oxygen atoms in total. The molecule has 1 rings (SSSR count). The molecule has 1 fully saturated rings. The average molecular weight is 231 g/mol. The van der Waals surface area contributed by atoms with Crippen LogP contribution in [-0.4, -0.2) is 36.8 Å². The van der Waals surface area contributed by atoms with Gasteiger partial charge in [-0.25, -0.2) is 14.5 Å². The zero-order valence-electron chi connectivity index (χ0n) is 10.9. The fourth-order valence-electron chi connectivity index (χ4n) is 1.22. The Kier molecular flexibility index (Phi) is 5.27. The van der Waals surface area contributed by atoms with E-state index < -0.39 is 12.2 Å². The van der Waals surface area contributed by atoms with E-state index in [0.717, 1.165) is 4.90 Å². The molecule has 0 aromatic rings. The van der Waals surface area contributed by atoms with Crippen LogP contribution < -0.4 is 0 Å². The van der Waals surface area contributed by atoms with Crippen LogP contribution in [0.5, 0.6) is 0 Å². The van der Waals surface area contributed by atoms with E-state index in [-0.39, 0.29) is 11.5 Å². The lowest BCUT2D eigenvalue weighted by Gasteiger charge is -2.40. The minimum Gasteiger partial charge on any atom is -0.452 e. The number of carbonyl (C=O) groups is 2. The van der Waals surface area contributed by atoms with Crippen molar-refractivity contribution in [1.82, 2.24) is 4.90 Å². The number of cyclic esters (lactones) is 1. The van der Waals surface area contributed by atoms with E-state index in [0.29, 0.717) is 6.54 Å². The van der Waals surface area contributed by atoms with Crippen molar-refractivity contribution in [3.63, 3.8) is 0 Å². The first-order valence-electron chi connectivity index (χ1n) is 5.44. The summed E-state index contributed by atoms with van der Waals surface area (Å²) in [6.45, 7) is 9.99. The molecule has 0 saturated carbocycles. The molecule has 0 aliphatic carbocycles. The van der Waals surface area contributed by atoms with Crippen LogP contribution in [0, 0.1) is 5.41 Å². The first-order chi connectivity index (χ1) is 7.38. The Labute approximate surface area is 96.7 Å². The maximum Gasteiger partial charge on any atom is 0.419 e. The minimum absolute atomic E-state index is 0.198. The van der Waals surface area contributed by atoms with Crippen molar-refractivity contribution in [2.45, 2.75) is 40.7 Å². The molecule has 1 heterocycles. The summed E-state index contributed by atoms with van der Waals surface area (Å²) in [7, 11) is 1.24. The number of carbonyl (C=O) groups excluding carboxylic acids is 2. The van der Waals surface area contributed by atoms with Gasteiger partial charge in [0.05, 0.1) is 7.11 Å². The third-order valence-electron chi connectivity index (χ3n) is 2.56. The van der Waals surface area contributed by atoms with E-state index in [1.807, 2.05) is 34.6 Å². The standard InChI is InChI=1S/C9H15NO4.C2H6/c1-6-9(2,3)5-10(7(11)13-4)8(12)14-6;1-2/h6H,5H2,1-4H3;1-2H3. The summed E-state index contributed by atoms with van der Waals surface area (Å²) in [6.07, 6.45) is -1.51. The third kappa shape index (κ3) is 3.12. The molecule has 1 unspecified atom stereocenters. The number of hydrogen-bond donors (Lipinski definition) is 0. The monoisotopic (exact) mass is 231 g/mol. The van der Waals surface area contributed by atoms with Crippen molar-refractivity contribution in [3.05, 3.63) is 0 Å². The van der Waals surface area contributed by atoms with E-state index in [1.54, 1.807) is 0 Å². The Morgan fingerprint density at radius 3 is 2.44 bits per heavy atom. The molecule has 0 radical (unpaired) electrons. The second-order valence-corrected chi connectivity index (χ2v) is 4.07. The lowest BCUT2D eigenvalue weighted by Crippen LogP contribution is -2.53. The molecule has 94 valence electrons. The largest absolute Gasteiger partial charge is 0.452 e. The molecule has 1 saturated heterocycles. The maximum absolute atomic E-state index is 11.3. The van der Waals surface area contributed by atoms with Crippen LogP contribution in [-0.2, 0) is 9.47 Å². The first kappa shape index (κ1) is 14.7. The summed E-state index contributed by atoms with van der Waals surface area (Å²) < 4.78 is 9.50. The average Bonchev–Trinajstić information content (AvgIpc) is 2.25. The van der Waals surface area contributed by atoms with E-state index >= 15 is 0 Å². The van der Waals surface area contributed by atoms with Crippen LogP contribution in [0.4, 0.5) is 9.59 Å². The first-order valence-corrected chi connectivity index (χ1v) is 5.44. The predicted molar refractivity (Wildman–Crippen MR) is 60.2 cm³/mol. The summed E-state index contributed by atoms with van der Waals surface area (Å²) in [5.74, 6) is 0. The van der Waals surface area contributed by atoms with Crippen LogP contribution in [0.1, 0.15) is 34.6 Å². The Morgan fingerprint density at radius 1 is 1.50 bits per heavy atom. The Hall–Kier alpha value is -1.26. The normalized spacial score (nSPS) is 22.8. The highest BCUT2D eigenvalue weighted by atomic mass is 16.6. The van der Waals surface area contributed by atoms with E-state index in [2.05, 4.69) is 4.74 Å². The lowest BCUT2D eigenvalue weighted by atomic mass is 9.86. The Morgan fingerprint density at radius 2 is 2.00 bits per heavy atom. The number of amides is 2. The van der Waals surface area contributed by atoms with Crippen molar-refractivity contribution in [2.75, 3.05) is 13.7 Å². The van der Waals surface area contributed by atoms with Gasteiger partial charge in [0.1, 0.15) is 6.10 Å². The predicted octanol–water partition coefficient (Wildman–Crippen LogP) is 2.65. The Balaban J connectivity index is 0.00000106. The molecule has 5 heteroatoms. The highest BCUT2D eigenvalue weighted by Crippen LogP contribution is 2.29. The van der Waals surface area contributed by atoms with Crippen molar-refractivity contribution >= 4 is 12.2 Å². The summed E-state index contributed by atoms with van der Waals surface area (Å²) in [5.41, 5.74) is -0.248. The number of rotatable bonds is 0. The molecule has 1 aliphatic heterocycles. The molecule has 16 heavy (non-hydrogen) atoms. The van der Waals surface area contributed by atoms with E-state index in [4.69, 9.17) is 4.74 Å². The number of hydrogen-bond acceptors (Lipinski definition) is 4. The molecule has 0 aromatic carbocycles. The molecule has 0 aromatic heterocycles. The van der Waals surface area contributed by atoms with Crippen molar-refractivity contribution in [3.8, 4) is 0 Å². The number of ether oxygens (including phenoxy) is 2. The lowest BCUT2D eigenvalue weighted by molar-refractivity contribution is -0.0364. The van der Waals surface area contributed by atoms with Crippen LogP contribution in [0.2, 0.25) is 0 Å². The van der Waals surface area contributed by atoms with Gasteiger partial charge in [-0.3, -0.25) is 0 Å². The van der Waals surface area contributed by atoms with Gasteiger partial charge in [0.2, 0.25) is 0 Å². The van der Waals surface area contributed by atoms with Crippen LogP contribution in [0.3, 0.4) is 0 Å². The van der Waals surface area contributed by atoms with Crippen LogP contribution in [0.15, 0.2) is 0 Å². The number of methoxy groups -OCH3 is 1. The van der Waals surface area contributed by atoms with E-state index in [1.165, 1.54) is 7.11 Å². The van der Waals surface area contributed by atoms with E-state index in [9.17, 15) is 9.59 Å². The van der Waals surface area contributed by atoms with Crippen LogP contribution >= 0.6 is 0 Å². The minimum atomic E-state index is -0.671. The summed E-state index contributed by atoms with van der Waals surface area (Å²) in [6, 6.07) is 0. The van der Waals surface area contributed by atoms with Gasteiger partial charge in [-0.1, -0.05) is 27.7 Å². The fourth-order valence-corrected chi connectivity index (χ4v) is 1.22. The van der Waals surface area contributed by atoms with Gasteiger partial charge in [-0.15, -0.1) is 0 Å². The van der Waals surface area contributed by atoms with Gasteiger partial charge in [-0.2, -0.15) is 0 Å². The van der Waals surface area contributed by atoms with Crippen molar-refractivity contribution in [2.24, 2.45) is 5.41 Å². The molecule has 1 aliphatic rings. The topological polar surface area (TPSA) is 55.8 Å². The number of imide groups is 1. The van der Waals surface area contributed by atoms with Crippen molar-refractivity contribution < 1.29 is 19.1 Å². The number of nitrogens with zero attached hydrogens (tertiary/aromatic N) is 1. The zero-order valence-corrected chi connectivity index (χ0v) is 10.9. The van der Waals surface area contributed by atoms with Crippen LogP contribution in [0.25, 0.3) is 0 Å². The van der Waals surface area contributed by atoms with Gasteiger partial charge in [0.25, 0.3) is 0 Å². The highest BCUT2D eigenvalue weighted by Gasteiger charge is 2.42. The zero-order chi connectivity index (χ0) is 12.9. The SMILES string of the molecule is CC.COC(=O)N1CC(C)(C)C(C)OC1=O. The van der Waals surface area contributed by atoms with Gasteiger partial charge < -0.3 is 9.47 Å². The highest BCUT2D eigenvalue weighted by molar-refractivity contribution is 5.88. The maximum atomic E-state index is 11.3. The summed E-state index contributed by atoms with van der Waals surface area (Å²) in [5, 5.41) is 0. The molecule has 0 N–H and O–H groups in total. The molecule has 0 spiro atoms. The quantitative estimate of drug-likeness (QED) is 0.643. The van der Waals surface area contributed by atoms with Gasteiger partial charge in [0, 0.05) is 12.0 Å². The summed E-state index contributed by atoms with van der Waals surface area (Å²) in [4.78, 5) is 23.4. The van der Waals surface area contributed by atoms with Gasteiger partial charge in [0.15, 0.2) is 0 Å². The molecular formula is C11H21NO4. The van der Waals surface area contributed by atoms with Gasteiger partial charge in [-0.05, 0) is 6.92 Å². The smallest absolute Gasteiger partial charge is 0.419 e. The summed E-state index contributed by atoms with van der Waals surface area (Å²) >= 11 is 0. The fraction of sp³-hybridized carbons (Fsp3) is 0.818. The molecule has 2 amide bonds. The molecule has 1 atom stereocenters. The second-order valence-electron chi connectivity index (χ2n) is 4.07. The second kappa shape index (κ2) is 5.72. The van der Waals surface area contributed by atoms with Gasteiger partial charge >= 0.3 is 12.2 Å².